The highest BCUT2D eigenvalue weighted by molar-refractivity contribution is 5.65. The van der Waals surface area contributed by atoms with E-state index in [1.807, 2.05) is 0 Å². The van der Waals surface area contributed by atoms with E-state index in [1.165, 1.54) is 0 Å². The van der Waals surface area contributed by atoms with Crippen LogP contribution < -0.4 is 9.47 Å². The first-order valence-electron chi connectivity index (χ1n) is 9.98. The summed E-state index contributed by atoms with van der Waals surface area (Å²) >= 11 is 0. The molecule has 0 saturated heterocycles. The first-order valence-corrected chi connectivity index (χ1v) is 9.98. The van der Waals surface area contributed by atoms with E-state index in [0.29, 0.717) is 0 Å². The molecule has 2 aromatic rings. The van der Waals surface area contributed by atoms with Gasteiger partial charge in [-0.3, -0.25) is 0 Å². The van der Waals surface area contributed by atoms with Gasteiger partial charge in [0.1, 0.15) is 11.5 Å². The van der Waals surface area contributed by atoms with Crippen LogP contribution in [0.5, 0.6) is 11.5 Å². The normalized spacial score (nSPS) is 37.4. The van der Waals surface area contributed by atoms with Crippen LogP contribution in [0.2, 0.25) is 0 Å². The lowest BCUT2D eigenvalue weighted by Crippen LogP contribution is -2.86. The number of benzene rings is 2. The largest absolute Gasteiger partial charge is 0.450 e. The minimum Gasteiger partial charge on any atom is -0.450 e. The Bertz CT molecular complexity index is 1040. The number of ether oxygens (including phenoxy) is 2. The zero-order chi connectivity index (χ0) is 27.4. The second kappa shape index (κ2) is 6.94. The quantitative estimate of drug-likeness (QED) is 0.368. The molecule has 4 atom stereocenters. The van der Waals surface area contributed by atoms with Gasteiger partial charge in [-0.15, -0.1) is 0 Å². The smallest absolute Gasteiger partial charge is 0.385 e. The summed E-state index contributed by atoms with van der Waals surface area (Å²) in [6.07, 6.45) is 0. The molecule has 198 valence electrons. The lowest BCUT2D eigenvalue weighted by atomic mass is 9.69. The van der Waals surface area contributed by atoms with Crippen molar-refractivity contribution in [3.05, 3.63) is 48.5 Å². The Hall–Kier alpha value is -2.80. The van der Waals surface area contributed by atoms with Gasteiger partial charge in [0, 0.05) is 0 Å². The van der Waals surface area contributed by atoms with Crippen molar-refractivity contribution in [2.75, 3.05) is 0 Å². The summed E-state index contributed by atoms with van der Waals surface area (Å²) in [7, 11) is 0. The Morgan fingerprint density at radius 1 is 0.417 bits per heavy atom. The van der Waals surface area contributed by atoms with E-state index in [4.69, 9.17) is 0 Å². The number of halogens is 12. The van der Waals surface area contributed by atoms with Crippen LogP contribution in [0.1, 0.15) is 13.8 Å². The number of rotatable bonds is 5. The molecule has 0 heterocycles. The molecule has 2 fully saturated rings. The molecule has 0 radical (unpaired) electrons. The predicted molar refractivity (Wildman–Crippen MR) is 99.6 cm³/mol. The fraction of sp³-hybridized carbons (Fsp3) is 0.455. The highest BCUT2D eigenvalue weighted by Gasteiger charge is 2.99. The van der Waals surface area contributed by atoms with Crippen LogP contribution in [0, 0.1) is 0 Å². The van der Waals surface area contributed by atoms with Gasteiger partial charge < -0.3 is 9.47 Å². The second-order valence-electron chi connectivity index (χ2n) is 8.75. The summed E-state index contributed by atoms with van der Waals surface area (Å²) in [6.45, 7) is -0.147. The maximum absolute atomic E-state index is 14.4. The molecule has 2 nitrogen and oxygen atoms in total. The van der Waals surface area contributed by atoms with Gasteiger partial charge >= 0.3 is 35.4 Å². The molecule has 2 aromatic carbocycles. The summed E-state index contributed by atoms with van der Waals surface area (Å²) in [4.78, 5) is 0. The molecule has 4 rings (SSSR count). The summed E-state index contributed by atoms with van der Waals surface area (Å²) in [5.41, 5.74) is -8.30. The Labute approximate surface area is 194 Å². The molecular weight excluding hydrogens is 524 g/mol. The minimum absolute atomic E-state index is 0.0734. The van der Waals surface area contributed by atoms with Crippen LogP contribution >= 0.6 is 0 Å². The molecule has 4 unspecified atom stereocenters. The van der Waals surface area contributed by atoms with E-state index < -0.39 is 58.2 Å². The fourth-order valence-electron chi connectivity index (χ4n) is 3.94. The molecule has 36 heavy (non-hydrogen) atoms. The second-order valence-corrected chi connectivity index (χ2v) is 8.75. The molecule has 0 spiro atoms. The minimum atomic E-state index is -5.47. The third-order valence-electron chi connectivity index (χ3n) is 6.54. The Morgan fingerprint density at radius 3 is 0.889 bits per heavy atom. The van der Waals surface area contributed by atoms with E-state index in [9.17, 15) is 52.7 Å². The van der Waals surface area contributed by atoms with Crippen LogP contribution in [0.15, 0.2) is 48.5 Å². The van der Waals surface area contributed by atoms with Crippen molar-refractivity contribution in [3.8, 4) is 22.6 Å². The first-order chi connectivity index (χ1) is 16.1. The molecule has 0 bridgehead atoms. The van der Waals surface area contributed by atoms with Crippen molar-refractivity contribution in [1.82, 2.24) is 0 Å². The van der Waals surface area contributed by atoms with Gasteiger partial charge in [0.25, 0.3) is 11.3 Å². The Morgan fingerprint density at radius 2 is 0.667 bits per heavy atom. The van der Waals surface area contributed by atoms with E-state index in [1.54, 1.807) is 0 Å². The summed E-state index contributed by atoms with van der Waals surface area (Å²) in [5.74, 6) is -32.4. The topological polar surface area (TPSA) is 18.5 Å². The van der Waals surface area contributed by atoms with Crippen molar-refractivity contribution in [2.24, 2.45) is 0 Å². The highest BCUT2D eigenvalue weighted by Crippen LogP contribution is 2.69. The van der Waals surface area contributed by atoms with Crippen LogP contribution in [0.3, 0.4) is 0 Å². The summed E-state index contributed by atoms with van der Waals surface area (Å²) in [6, 6.07) is 7.73. The summed E-state index contributed by atoms with van der Waals surface area (Å²) in [5, 5.41) is 0. The van der Waals surface area contributed by atoms with Crippen LogP contribution in [-0.4, -0.2) is 46.7 Å². The molecule has 0 amide bonds. The molecule has 0 N–H and O–H groups in total. The molecule has 0 aromatic heterocycles. The van der Waals surface area contributed by atoms with Gasteiger partial charge in [-0.05, 0) is 49.2 Å². The van der Waals surface area contributed by atoms with Crippen molar-refractivity contribution >= 4 is 0 Å². The average Bonchev–Trinajstić information content (AvgIpc) is 2.78. The van der Waals surface area contributed by atoms with Gasteiger partial charge in [0.05, 0.1) is 0 Å². The third-order valence-corrected chi connectivity index (χ3v) is 6.54. The molecule has 2 saturated carbocycles. The average molecular weight is 538 g/mol. The van der Waals surface area contributed by atoms with Gasteiger partial charge in [-0.1, -0.05) is 24.3 Å². The lowest BCUT2D eigenvalue weighted by molar-refractivity contribution is -0.480. The predicted octanol–water partition coefficient (Wildman–Crippen LogP) is 7.47. The maximum atomic E-state index is 14.4. The van der Waals surface area contributed by atoms with E-state index in [0.717, 1.165) is 48.5 Å². The van der Waals surface area contributed by atoms with E-state index in [-0.39, 0.29) is 25.0 Å². The lowest BCUT2D eigenvalue weighted by Gasteiger charge is -2.55. The van der Waals surface area contributed by atoms with Gasteiger partial charge in [-0.2, -0.15) is 43.9 Å². The molecule has 2 aliphatic carbocycles. The van der Waals surface area contributed by atoms with E-state index in [2.05, 4.69) is 9.47 Å². The molecule has 2 aliphatic rings. The van der Waals surface area contributed by atoms with Crippen LogP contribution in [-0.2, 0) is 0 Å². The highest BCUT2D eigenvalue weighted by atomic mass is 19.3. The SMILES string of the molecule is CC1(F)C(F)(F)C(F)(F)C1(F)Oc1ccc(-c2ccc(OC3(F)C(C)(F)C(F)(F)C3(F)F)cc2)cc1. The van der Waals surface area contributed by atoms with Crippen molar-refractivity contribution < 1.29 is 62.2 Å². The molecule has 0 aliphatic heterocycles. The van der Waals surface area contributed by atoms with Gasteiger partial charge in [0.15, 0.2) is 0 Å². The van der Waals surface area contributed by atoms with Gasteiger partial charge in [0.2, 0.25) is 0 Å². The zero-order valence-corrected chi connectivity index (χ0v) is 18.0. The monoisotopic (exact) mass is 538 g/mol. The third kappa shape index (κ3) is 2.67. The Kier molecular flexibility index (Phi) is 5.06. The summed E-state index contributed by atoms with van der Waals surface area (Å²) < 4.78 is 173. The molecular formula is C22H14F12O2. The number of hydrogen-bond donors (Lipinski definition) is 0. The Balaban J connectivity index is 1.50. The molecule has 14 heteroatoms. The van der Waals surface area contributed by atoms with Crippen molar-refractivity contribution in [1.29, 1.82) is 0 Å². The first kappa shape index (κ1) is 26.3. The zero-order valence-electron chi connectivity index (χ0n) is 18.0. The number of alkyl halides is 12. The number of hydrogen-bond acceptors (Lipinski definition) is 2. The van der Waals surface area contributed by atoms with Crippen LogP contribution in [0.4, 0.5) is 52.7 Å². The van der Waals surface area contributed by atoms with Crippen molar-refractivity contribution in [2.45, 2.75) is 60.6 Å². The fourth-order valence-corrected chi connectivity index (χ4v) is 3.94. The standard InChI is InChI=1S/C22H14F12O2/c1-15(23)17(25,26)19(29,30)21(15,33)35-13-7-3-11(4-8-13)12-5-9-14(10-6-12)36-22(34)16(2,24)18(27,28)20(22,31)32/h3-10H,1-2H3. The van der Waals surface area contributed by atoms with Gasteiger partial charge in [-0.25, -0.2) is 8.78 Å². The van der Waals surface area contributed by atoms with Crippen molar-refractivity contribution in [3.63, 3.8) is 0 Å². The van der Waals surface area contributed by atoms with E-state index >= 15 is 0 Å². The van der Waals surface area contributed by atoms with Crippen LogP contribution in [0.25, 0.3) is 11.1 Å². The maximum Gasteiger partial charge on any atom is 0.385 e.